The summed E-state index contributed by atoms with van der Waals surface area (Å²) in [6, 6.07) is 8.28. The predicted molar refractivity (Wildman–Crippen MR) is 79.1 cm³/mol. The van der Waals surface area contributed by atoms with Crippen LogP contribution in [-0.4, -0.2) is 13.0 Å². The number of carbonyl (C=O) groups is 1. The first kappa shape index (κ1) is 14.1. The lowest BCUT2D eigenvalue weighted by atomic mass is 9.88. The lowest BCUT2D eigenvalue weighted by Gasteiger charge is -2.22. The largest absolute Gasteiger partial charge is 0.326 e. The minimum atomic E-state index is 0.190. The highest BCUT2D eigenvalue weighted by Crippen LogP contribution is 2.27. The number of hydrogen-bond donors (Lipinski definition) is 2. The maximum absolute atomic E-state index is 12.3. The highest BCUT2D eigenvalue weighted by Gasteiger charge is 2.22. The van der Waals surface area contributed by atoms with Gasteiger partial charge in [0, 0.05) is 17.6 Å². The van der Waals surface area contributed by atoms with E-state index in [1.807, 2.05) is 25.2 Å². The lowest BCUT2D eigenvalue weighted by molar-refractivity contribution is -0.120. The molecule has 1 fully saturated rings. The Morgan fingerprint density at radius 1 is 1.21 bits per heavy atom. The third-order valence-electron chi connectivity index (χ3n) is 4.09. The van der Waals surface area contributed by atoms with Gasteiger partial charge in [-0.3, -0.25) is 4.79 Å². The number of nitrogens with one attached hydrogen (secondary N) is 2. The molecule has 2 N–H and O–H groups in total. The first-order valence-electron chi connectivity index (χ1n) is 7.29. The number of carbonyl (C=O) groups excluding carboxylic acids is 1. The highest BCUT2D eigenvalue weighted by atomic mass is 16.1. The predicted octanol–water partition coefficient (Wildman–Crippen LogP) is 3.49. The second-order valence-corrected chi connectivity index (χ2v) is 5.42. The van der Waals surface area contributed by atoms with Crippen molar-refractivity contribution in [3.05, 3.63) is 29.8 Å². The Morgan fingerprint density at radius 2 is 1.89 bits per heavy atom. The molecule has 0 spiro atoms. The fourth-order valence-corrected chi connectivity index (χ4v) is 2.74. The van der Waals surface area contributed by atoms with Crippen molar-refractivity contribution in [1.29, 1.82) is 0 Å². The molecule has 19 heavy (non-hydrogen) atoms. The number of hydrogen-bond acceptors (Lipinski definition) is 2. The van der Waals surface area contributed by atoms with Crippen molar-refractivity contribution >= 4 is 11.6 Å². The SMILES string of the molecule is CNC(C)c1ccccc1NC(=O)C1CCCCC1. The van der Waals surface area contributed by atoms with Crippen molar-refractivity contribution in [2.24, 2.45) is 5.92 Å². The van der Waals surface area contributed by atoms with Crippen LogP contribution in [0.15, 0.2) is 24.3 Å². The summed E-state index contributed by atoms with van der Waals surface area (Å²) in [6.07, 6.45) is 5.72. The second kappa shape index (κ2) is 6.71. The molecule has 0 aliphatic heterocycles. The van der Waals surface area contributed by atoms with Gasteiger partial charge in [0.2, 0.25) is 5.91 Å². The molecule has 104 valence electrons. The van der Waals surface area contributed by atoms with E-state index in [0.717, 1.165) is 24.1 Å². The average Bonchev–Trinajstić information content (AvgIpc) is 2.48. The molecule has 1 aliphatic rings. The van der Waals surface area contributed by atoms with Gasteiger partial charge in [0.05, 0.1) is 0 Å². The molecule has 1 aromatic rings. The molecule has 0 radical (unpaired) electrons. The maximum Gasteiger partial charge on any atom is 0.227 e. The van der Waals surface area contributed by atoms with Crippen LogP contribution in [0.5, 0.6) is 0 Å². The molecule has 1 atom stereocenters. The molecule has 1 amide bonds. The van der Waals surface area contributed by atoms with Crippen molar-refractivity contribution in [2.45, 2.75) is 45.1 Å². The van der Waals surface area contributed by atoms with Crippen LogP contribution in [0.4, 0.5) is 5.69 Å². The van der Waals surface area contributed by atoms with E-state index in [1.54, 1.807) is 0 Å². The van der Waals surface area contributed by atoms with E-state index < -0.39 is 0 Å². The molecule has 1 aliphatic carbocycles. The number of benzene rings is 1. The van der Waals surface area contributed by atoms with Crippen LogP contribution < -0.4 is 10.6 Å². The quantitative estimate of drug-likeness (QED) is 0.870. The van der Waals surface area contributed by atoms with Gasteiger partial charge >= 0.3 is 0 Å². The fraction of sp³-hybridized carbons (Fsp3) is 0.562. The molecule has 3 heteroatoms. The second-order valence-electron chi connectivity index (χ2n) is 5.42. The molecule has 1 unspecified atom stereocenters. The van der Waals surface area contributed by atoms with Gasteiger partial charge in [-0.15, -0.1) is 0 Å². The molecule has 2 rings (SSSR count). The van der Waals surface area contributed by atoms with Crippen molar-refractivity contribution < 1.29 is 4.79 Å². The third-order valence-corrected chi connectivity index (χ3v) is 4.09. The van der Waals surface area contributed by atoms with Gasteiger partial charge in [0.25, 0.3) is 0 Å². The van der Waals surface area contributed by atoms with Gasteiger partial charge in [0.15, 0.2) is 0 Å². The summed E-state index contributed by atoms with van der Waals surface area (Å²) in [5, 5.41) is 6.34. The minimum Gasteiger partial charge on any atom is -0.326 e. The Balaban J connectivity index is 2.07. The zero-order valence-corrected chi connectivity index (χ0v) is 11.9. The molecule has 3 nitrogen and oxygen atoms in total. The van der Waals surface area contributed by atoms with Crippen molar-refractivity contribution in [3.63, 3.8) is 0 Å². The van der Waals surface area contributed by atoms with E-state index >= 15 is 0 Å². The van der Waals surface area contributed by atoms with Crippen LogP contribution in [-0.2, 0) is 4.79 Å². The highest BCUT2D eigenvalue weighted by molar-refractivity contribution is 5.93. The standard InChI is InChI=1S/C16H24N2O/c1-12(17-2)14-10-6-7-11-15(14)18-16(19)13-8-4-3-5-9-13/h6-7,10-13,17H,3-5,8-9H2,1-2H3,(H,18,19). The summed E-state index contributed by atoms with van der Waals surface area (Å²) in [7, 11) is 1.93. The molecule has 0 saturated heterocycles. The number of anilines is 1. The van der Waals surface area contributed by atoms with Gasteiger partial charge in [-0.05, 0) is 38.4 Å². The minimum absolute atomic E-state index is 0.190. The van der Waals surface area contributed by atoms with E-state index in [1.165, 1.54) is 19.3 Å². The van der Waals surface area contributed by atoms with Crippen LogP contribution >= 0.6 is 0 Å². The lowest BCUT2D eigenvalue weighted by Crippen LogP contribution is -2.26. The Labute approximate surface area is 115 Å². The molecular formula is C16H24N2O. The topological polar surface area (TPSA) is 41.1 Å². The molecular weight excluding hydrogens is 236 g/mol. The zero-order valence-electron chi connectivity index (χ0n) is 11.9. The van der Waals surface area contributed by atoms with Gasteiger partial charge < -0.3 is 10.6 Å². The van der Waals surface area contributed by atoms with E-state index in [-0.39, 0.29) is 17.9 Å². The Hall–Kier alpha value is -1.35. The number of rotatable bonds is 4. The molecule has 0 bridgehead atoms. The van der Waals surface area contributed by atoms with Crippen molar-refractivity contribution in [2.75, 3.05) is 12.4 Å². The van der Waals surface area contributed by atoms with Crippen LogP contribution in [0.25, 0.3) is 0 Å². The van der Waals surface area contributed by atoms with Crippen LogP contribution in [0.1, 0.15) is 50.6 Å². The van der Waals surface area contributed by atoms with Gasteiger partial charge in [-0.2, -0.15) is 0 Å². The van der Waals surface area contributed by atoms with Crippen LogP contribution in [0.3, 0.4) is 0 Å². The van der Waals surface area contributed by atoms with Gasteiger partial charge in [-0.1, -0.05) is 37.5 Å². The summed E-state index contributed by atoms with van der Waals surface area (Å²) in [5.74, 6) is 0.391. The summed E-state index contributed by atoms with van der Waals surface area (Å²) in [4.78, 5) is 12.3. The van der Waals surface area contributed by atoms with Gasteiger partial charge in [-0.25, -0.2) is 0 Å². The fourth-order valence-electron chi connectivity index (χ4n) is 2.74. The summed E-state index contributed by atoms with van der Waals surface area (Å²) in [6.45, 7) is 2.10. The van der Waals surface area contributed by atoms with E-state index in [2.05, 4.69) is 23.6 Å². The summed E-state index contributed by atoms with van der Waals surface area (Å²) in [5.41, 5.74) is 2.09. The first-order chi connectivity index (χ1) is 9.22. The zero-order chi connectivity index (χ0) is 13.7. The summed E-state index contributed by atoms with van der Waals surface area (Å²) < 4.78 is 0. The summed E-state index contributed by atoms with van der Waals surface area (Å²) >= 11 is 0. The maximum atomic E-state index is 12.3. The normalized spacial score (nSPS) is 18.0. The number of amides is 1. The first-order valence-corrected chi connectivity index (χ1v) is 7.29. The van der Waals surface area contributed by atoms with Crippen LogP contribution in [0.2, 0.25) is 0 Å². The average molecular weight is 260 g/mol. The van der Waals surface area contributed by atoms with E-state index in [9.17, 15) is 4.79 Å². The molecule has 1 saturated carbocycles. The third kappa shape index (κ3) is 3.57. The van der Waals surface area contributed by atoms with Crippen molar-refractivity contribution in [1.82, 2.24) is 5.32 Å². The Morgan fingerprint density at radius 3 is 2.58 bits per heavy atom. The number of para-hydroxylation sites is 1. The molecule has 0 aromatic heterocycles. The van der Waals surface area contributed by atoms with Crippen LogP contribution in [0, 0.1) is 5.92 Å². The Bertz CT molecular complexity index is 425. The smallest absolute Gasteiger partial charge is 0.227 e. The Kier molecular flexibility index (Phi) is 4.97. The van der Waals surface area contributed by atoms with E-state index in [4.69, 9.17) is 0 Å². The molecule has 1 aromatic carbocycles. The van der Waals surface area contributed by atoms with Gasteiger partial charge in [0.1, 0.15) is 0 Å². The monoisotopic (exact) mass is 260 g/mol. The molecule has 0 heterocycles. The van der Waals surface area contributed by atoms with E-state index in [0.29, 0.717) is 0 Å². The van der Waals surface area contributed by atoms with Crippen molar-refractivity contribution in [3.8, 4) is 0 Å².